The minimum Gasteiger partial charge on any atom is -0.444 e. The van der Waals surface area contributed by atoms with Gasteiger partial charge in [0.15, 0.2) is 0 Å². The van der Waals surface area contributed by atoms with Gasteiger partial charge in [-0.05, 0) is 27.2 Å². The van der Waals surface area contributed by atoms with Crippen LogP contribution in [-0.2, 0) is 4.74 Å². The highest BCUT2D eigenvalue weighted by atomic mass is 16.6. The van der Waals surface area contributed by atoms with Crippen molar-refractivity contribution in [3.05, 3.63) is 0 Å². The van der Waals surface area contributed by atoms with Crippen LogP contribution in [0.25, 0.3) is 0 Å². The molecule has 1 N–H and O–H groups in total. The van der Waals surface area contributed by atoms with Gasteiger partial charge in [0.05, 0.1) is 0 Å². The van der Waals surface area contributed by atoms with Crippen molar-refractivity contribution in [3.8, 4) is 0 Å². The zero-order valence-corrected chi connectivity index (χ0v) is 9.04. The molecule has 0 aromatic rings. The first-order chi connectivity index (χ1) is 6.47. The van der Waals surface area contributed by atoms with Crippen LogP contribution in [0.1, 0.15) is 27.2 Å². The number of amides is 1. The third-order valence-corrected chi connectivity index (χ3v) is 2.70. The van der Waals surface area contributed by atoms with Gasteiger partial charge in [0.1, 0.15) is 5.60 Å². The molecule has 1 amide bonds. The average Bonchev–Trinajstić information content (AvgIpc) is 2.01. The molecule has 0 aromatic heterocycles. The van der Waals surface area contributed by atoms with E-state index in [0.717, 1.165) is 19.5 Å². The van der Waals surface area contributed by atoms with Gasteiger partial charge < -0.3 is 10.1 Å². The second-order valence-electron chi connectivity index (χ2n) is 5.09. The number of piperazine rings is 1. The van der Waals surface area contributed by atoms with Gasteiger partial charge >= 0.3 is 6.09 Å². The van der Waals surface area contributed by atoms with Gasteiger partial charge in [-0.15, -0.1) is 0 Å². The fourth-order valence-corrected chi connectivity index (χ4v) is 2.09. The third-order valence-electron chi connectivity index (χ3n) is 2.70. The minimum atomic E-state index is -0.381. The molecule has 0 radical (unpaired) electrons. The molecule has 3 saturated heterocycles. The molecule has 2 atom stereocenters. The predicted molar refractivity (Wildman–Crippen MR) is 53.1 cm³/mol. The van der Waals surface area contributed by atoms with Crippen molar-refractivity contribution in [2.24, 2.45) is 0 Å². The SMILES string of the molecule is CC(C)(C)OC(=O)N1C2CNC[C@@H]1C2. The van der Waals surface area contributed by atoms with E-state index in [1.54, 1.807) is 0 Å². The number of carbonyl (C=O) groups is 1. The Kier molecular flexibility index (Phi) is 2.18. The van der Waals surface area contributed by atoms with Crippen molar-refractivity contribution in [2.75, 3.05) is 13.1 Å². The molecular weight excluding hydrogens is 180 g/mol. The number of piperidine rings is 1. The summed E-state index contributed by atoms with van der Waals surface area (Å²) in [7, 11) is 0. The molecule has 3 rings (SSSR count). The Labute approximate surface area is 84.6 Å². The summed E-state index contributed by atoms with van der Waals surface area (Å²) in [4.78, 5) is 13.6. The Bertz CT molecular complexity index is 233. The largest absolute Gasteiger partial charge is 0.444 e. The quantitative estimate of drug-likeness (QED) is 0.630. The number of rotatable bonds is 0. The molecule has 80 valence electrons. The number of nitrogens with zero attached hydrogens (tertiary/aromatic N) is 1. The maximum Gasteiger partial charge on any atom is 0.410 e. The van der Waals surface area contributed by atoms with Gasteiger partial charge in [-0.2, -0.15) is 0 Å². The van der Waals surface area contributed by atoms with Crippen molar-refractivity contribution in [3.63, 3.8) is 0 Å². The van der Waals surface area contributed by atoms with E-state index < -0.39 is 0 Å². The Morgan fingerprint density at radius 3 is 2.36 bits per heavy atom. The Balaban J connectivity index is 1.93. The lowest BCUT2D eigenvalue weighted by molar-refractivity contribution is -0.0439. The lowest BCUT2D eigenvalue weighted by atomic mass is 9.89. The van der Waals surface area contributed by atoms with E-state index in [9.17, 15) is 4.79 Å². The first-order valence-corrected chi connectivity index (χ1v) is 5.19. The van der Waals surface area contributed by atoms with E-state index in [1.165, 1.54) is 0 Å². The monoisotopic (exact) mass is 198 g/mol. The molecule has 3 heterocycles. The molecule has 14 heavy (non-hydrogen) atoms. The van der Waals surface area contributed by atoms with Crippen molar-refractivity contribution in [1.29, 1.82) is 0 Å². The molecule has 3 fully saturated rings. The second kappa shape index (κ2) is 3.12. The fourth-order valence-electron chi connectivity index (χ4n) is 2.09. The van der Waals surface area contributed by atoms with Crippen LogP contribution in [0.3, 0.4) is 0 Å². The van der Waals surface area contributed by atoms with Crippen LogP contribution in [0.4, 0.5) is 4.79 Å². The van der Waals surface area contributed by atoms with E-state index in [4.69, 9.17) is 4.74 Å². The summed E-state index contributed by atoms with van der Waals surface area (Å²) >= 11 is 0. The van der Waals surface area contributed by atoms with Crippen molar-refractivity contribution >= 4 is 6.09 Å². The van der Waals surface area contributed by atoms with Crippen molar-refractivity contribution in [1.82, 2.24) is 10.2 Å². The van der Waals surface area contributed by atoms with Crippen LogP contribution in [0.5, 0.6) is 0 Å². The highest BCUT2D eigenvalue weighted by Gasteiger charge is 2.45. The van der Waals surface area contributed by atoms with Crippen LogP contribution in [0.2, 0.25) is 0 Å². The van der Waals surface area contributed by atoms with Crippen LogP contribution >= 0.6 is 0 Å². The third kappa shape index (κ3) is 1.71. The van der Waals surface area contributed by atoms with Crippen LogP contribution in [0, 0.1) is 0 Å². The number of hydrogen-bond donors (Lipinski definition) is 1. The highest BCUT2D eigenvalue weighted by molar-refractivity contribution is 5.70. The second-order valence-corrected chi connectivity index (χ2v) is 5.09. The zero-order valence-electron chi connectivity index (χ0n) is 9.04. The van der Waals surface area contributed by atoms with Gasteiger partial charge in [0, 0.05) is 25.2 Å². The molecule has 3 aliphatic heterocycles. The average molecular weight is 198 g/mol. The molecule has 1 unspecified atom stereocenters. The summed E-state index contributed by atoms with van der Waals surface area (Å²) in [5.41, 5.74) is -0.381. The maximum absolute atomic E-state index is 11.7. The number of ether oxygens (including phenoxy) is 1. The molecule has 2 bridgehead atoms. The van der Waals surface area contributed by atoms with Crippen molar-refractivity contribution < 1.29 is 9.53 Å². The van der Waals surface area contributed by atoms with Crippen molar-refractivity contribution in [2.45, 2.75) is 44.9 Å². The van der Waals surface area contributed by atoms with Gasteiger partial charge in [-0.25, -0.2) is 4.79 Å². The lowest BCUT2D eigenvalue weighted by Crippen LogP contribution is -2.69. The van der Waals surface area contributed by atoms with Crippen LogP contribution < -0.4 is 5.32 Å². The van der Waals surface area contributed by atoms with Crippen LogP contribution in [0.15, 0.2) is 0 Å². The molecule has 0 aromatic carbocycles. The smallest absolute Gasteiger partial charge is 0.410 e. The van der Waals surface area contributed by atoms with Gasteiger partial charge in [-0.1, -0.05) is 0 Å². The normalized spacial score (nSPS) is 30.9. The van der Waals surface area contributed by atoms with Gasteiger partial charge in [0.25, 0.3) is 0 Å². The Morgan fingerprint density at radius 2 is 1.93 bits per heavy atom. The first kappa shape index (κ1) is 9.77. The number of hydrogen-bond acceptors (Lipinski definition) is 3. The lowest BCUT2D eigenvalue weighted by Gasteiger charge is -2.52. The summed E-state index contributed by atoms with van der Waals surface area (Å²) in [5.74, 6) is 0. The van der Waals surface area contributed by atoms with Gasteiger partial charge in [0.2, 0.25) is 0 Å². The topological polar surface area (TPSA) is 41.6 Å². The summed E-state index contributed by atoms with van der Waals surface area (Å²) in [5, 5.41) is 3.28. The molecule has 0 saturated carbocycles. The summed E-state index contributed by atoms with van der Waals surface area (Å²) in [6, 6.07) is 0.729. The number of fused-ring (bicyclic) bond motifs is 2. The first-order valence-electron chi connectivity index (χ1n) is 5.19. The number of carbonyl (C=O) groups excluding carboxylic acids is 1. The molecule has 4 heteroatoms. The highest BCUT2D eigenvalue weighted by Crippen LogP contribution is 2.29. The summed E-state index contributed by atoms with van der Waals surface area (Å²) in [6.45, 7) is 7.53. The Morgan fingerprint density at radius 1 is 1.36 bits per heavy atom. The maximum atomic E-state index is 11.7. The molecular formula is C10H18N2O2. The van der Waals surface area contributed by atoms with E-state index in [0.29, 0.717) is 12.1 Å². The van der Waals surface area contributed by atoms with E-state index in [-0.39, 0.29) is 11.7 Å². The number of nitrogens with one attached hydrogen (secondary N) is 1. The van der Waals surface area contributed by atoms with E-state index in [2.05, 4.69) is 5.32 Å². The van der Waals surface area contributed by atoms with Gasteiger partial charge in [-0.3, -0.25) is 4.90 Å². The standard InChI is InChI=1S/C10H18N2O2/c1-10(2,3)14-9(13)12-7-4-8(12)6-11-5-7/h7-8,11H,4-6H2,1-3H3/t7-,8?/m0/s1. The molecule has 4 nitrogen and oxygen atoms in total. The van der Waals surface area contributed by atoms with Crippen LogP contribution in [-0.4, -0.2) is 41.8 Å². The summed E-state index contributed by atoms with van der Waals surface area (Å²) < 4.78 is 5.34. The molecule has 3 aliphatic rings. The molecule has 0 aliphatic carbocycles. The predicted octanol–water partition coefficient (Wildman–Crippen LogP) is 0.968. The minimum absolute atomic E-state index is 0.153. The fraction of sp³-hybridized carbons (Fsp3) is 0.900. The van der Waals surface area contributed by atoms with E-state index in [1.807, 2.05) is 25.7 Å². The Hall–Kier alpha value is -0.770. The molecule has 0 spiro atoms. The zero-order chi connectivity index (χ0) is 10.3. The van der Waals surface area contributed by atoms with E-state index >= 15 is 0 Å². The summed E-state index contributed by atoms with van der Waals surface area (Å²) in [6.07, 6.45) is 0.979.